The number of benzene rings is 1. The number of carbonyl (C=O) groups is 4. The molecular weight excluding hydrogens is 462 g/mol. The quantitative estimate of drug-likeness (QED) is 0.181. The second-order valence-corrected chi connectivity index (χ2v) is 9.58. The molecule has 1 aromatic rings. The first-order valence-corrected chi connectivity index (χ1v) is 12.6. The summed E-state index contributed by atoms with van der Waals surface area (Å²) in [7, 11) is 0. The zero-order chi connectivity index (χ0) is 27.3. The molecule has 0 saturated heterocycles. The maximum Gasteiger partial charge on any atom is 0.326 e. The molecule has 0 aliphatic heterocycles. The van der Waals surface area contributed by atoms with Crippen molar-refractivity contribution < 1.29 is 24.3 Å². The average Bonchev–Trinajstić information content (AvgIpc) is 2.84. The van der Waals surface area contributed by atoms with Crippen LogP contribution in [0, 0.1) is 11.8 Å². The zero-order valence-electron chi connectivity index (χ0n) is 21.8. The molecule has 1 aromatic carbocycles. The normalized spacial score (nSPS) is 15.3. The molecule has 202 valence electrons. The van der Waals surface area contributed by atoms with Crippen LogP contribution < -0.4 is 27.4 Å². The van der Waals surface area contributed by atoms with Crippen LogP contribution in [0.5, 0.6) is 0 Å². The smallest absolute Gasteiger partial charge is 0.326 e. The van der Waals surface area contributed by atoms with Crippen molar-refractivity contribution in [2.75, 3.05) is 6.54 Å². The van der Waals surface area contributed by atoms with Gasteiger partial charge in [0.05, 0.1) is 6.04 Å². The number of carboxylic acid groups (broad SMARTS) is 1. The highest BCUT2D eigenvalue weighted by Crippen LogP contribution is 2.12. The summed E-state index contributed by atoms with van der Waals surface area (Å²) in [6.07, 6.45) is 2.64. The minimum absolute atomic E-state index is 0.201. The number of carboxylic acids is 1. The number of hydrogen-bond donors (Lipinski definition) is 6. The molecule has 0 bridgehead atoms. The first-order valence-electron chi connectivity index (χ1n) is 12.6. The third kappa shape index (κ3) is 10.3. The molecule has 0 aromatic heterocycles. The molecule has 0 saturated carbocycles. The van der Waals surface area contributed by atoms with Crippen molar-refractivity contribution in [3.8, 4) is 0 Å². The van der Waals surface area contributed by atoms with Crippen molar-refractivity contribution in [2.45, 2.75) is 84.0 Å². The zero-order valence-corrected chi connectivity index (χ0v) is 21.8. The fraction of sp³-hybridized carbons (Fsp3) is 0.615. The van der Waals surface area contributed by atoms with Gasteiger partial charge in [0, 0.05) is 6.42 Å². The fourth-order valence-electron chi connectivity index (χ4n) is 3.69. The van der Waals surface area contributed by atoms with Crippen LogP contribution in [0.2, 0.25) is 0 Å². The lowest BCUT2D eigenvalue weighted by Crippen LogP contribution is -2.59. The van der Waals surface area contributed by atoms with Gasteiger partial charge < -0.3 is 32.5 Å². The number of nitrogens with two attached hydrogens (primary N) is 2. The predicted octanol–water partition coefficient (Wildman–Crippen LogP) is 0.927. The molecule has 5 unspecified atom stereocenters. The van der Waals surface area contributed by atoms with Crippen LogP contribution in [-0.4, -0.2) is 59.5 Å². The highest BCUT2D eigenvalue weighted by Gasteiger charge is 2.33. The Labute approximate surface area is 213 Å². The van der Waals surface area contributed by atoms with E-state index in [9.17, 15) is 24.3 Å². The second-order valence-electron chi connectivity index (χ2n) is 9.58. The van der Waals surface area contributed by atoms with E-state index in [1.165, 1.54) is 0 Å². The van der Waals surface area contributed by atoms with E-state index in [-0.39, 0.29) is 18.3 Å². The van der Waals surface area contributed by atoms with Crippen molar-refractivity contribution >= 4 is 23.7 Å². The van der Waals surface area contributed by atoms with E-state index < -0.39 is 47.9 Å². The van der Waals surface area contributed by atoms with Gasteiger partial charge in [-0.2, -0.15) is 0 Å². The van der Waals surface area contributed by atoms with Gasteiger partial charge in [0.15, 0.2) is 0 Å². The van der Waals surface area contributed by atoms with Gasteiger partial charge in [-0.25, -0.2) is 4.79 Å². The molecule has 0 fully saturated rings. The lowest BCUT2D eigenvalue weighted by Gasteiger charge is -2.29. The Morgan fingerprint density at radius 2 is 1.50 bits per heavy atom. The fourth-order valence-corrected chi connectivity index (χ4v) is 3.69. The van der Waals surface area contributed by atoms with E-state index in [0.717, 1.165) is 12.0 Å². The summed E-state index contributed by atoms with van der Waals surface area (Å²) in [6, 6.07) is 5.36. The molecular formula is C26H43N5O5. The van der Waals surface area contributed by atoms with Crippen LogP contribution in [0.15, 0.2) is 30.3 Å². The van der Waals surface area contributed by atoms with Crippen LogP contribution in [0.4, 0.5) is 0 Å². The molecule has 1 rings (SSSR count). The maximum absolute atomic E-state index is 13.4. The van der Waals surface area contributed by atoms with Crippen molar-refractivity contribution in [1.82, 2.24) is 16.0 Å². The summed E-state index contributed by atoms with van der Waals surface area (Å²) in [5.41, 5.74) is 12.4. The SMILES string of the molecule is CCC(C)C(NC(=O)C(Cc1ccccc1)NC(=O)C(N)CCCCN)C(=O)NC(C(=O)O)C(C)C. The summed E-state index contributed by atoms with van der Waals surface area (Å²) >= 11 is 0. The minimum Gasteiger partial charge on any atom is -0.480 e. The number of rotatable bonds is 16. The van der Waals surface area contributed by atoms with Gasteiger partial charge in [-0.3, -0.25) is 14.4 Å². The number of carbonyl (C=O) groups excluding carboxylic acids is 3. The number of aliphatic carboxylic acids is 1. The van der Waals surface area contributed by atoms with Crippen molar-refractivity contribution in [3.05, 3.63) is 35.9 Å². The number of unbranched alkanes of at least 4 members (excludes halogenated alkanes) is 1. The van der Waals surface area contributed by atoms with Crippen LogP contribution in [0.1, 0.15) is 58.9 Å². The van der Waals surface area contributed by atoms with Gasteiger partial charge in [-0.05, 0) is 36.8 Å². The lowest BCUT2D eigenvalue weighted by atomic mass is 9.95. The van der Waals surface area contributed by atoms with Gasteiger partial charge in [-0.1, -0.05) is 70.9 Å². The van der Waals surface area contributed by atoms with Crippen molar-refractivity contribution in [2.24, 2.45) is 23.3 Å². The Morgan fingerprint density at radius 1 is 0.889 bits per heavy atom. The van der Waals surface area contributed by atoms with Crippen LogP contribution >= 0.6 is 0 Å². The molecule has 10 nitrogen and oxygen atoms in total. The molecule has 0 heterocycles. The second kappa shape index (κ2) is 15.9. The topological polar surface area (TPSA) is 177 Å². The molecule has 0 radical (unpaired) electrons. The van der Waals surface area contributed by atoms with Gasteiger partial charge in [0.2, 0.25) is 17.7 Å². The molecule has 8 N–H and O–H groups in total. The third-order valence-electron chi connectivity index (χ3n) is 6.25. The lowest BCUT2D eigenvalue weighted by molar-refractivity contribution is -0.144. The molecule has 5 atom stereocenters. The van der Waals surface area contributed by atoms with Crippen LogP contribution in [0.3, 0.4) is 0 Å². The molecule has 10 heteroatoms. The highest BCUT2D eigenvalue weighted by atomic mass is 16.4. The Balaban J connectivity index is 3.09. The molecule has 3 amide bonds. The van der Waals surface area contributed by atoms with E-state index in [1.54, 1.807) is 20.8 Å². The van der Waals surface area contributed by atoms with E-state index in [2.05, 4.69) is 16.0 Å². The summed E-state index contributed by atoms with van der Waals surface area (Å²) in [5.74, 6) is -3.35. The third-order valence-corrected chi connectivity index (χ3v) is 6.25. The van der Waals surface area contributed by atoms with E-state index in [0.29, 0.717) is 25.8 Å². The average molecular weight is 506 g/mol. The molecule has 0 spiro atoms. The van der Waals surface area contributed by atoms with Crippen molar-refractivity contribution in [3.63, 3.8) is 0 Å². The number of amides is 3. The summed E-state index contributed by atoms with van der Waals surface area (Å²) in [6.45, 7) is 7.56. The standard InChI is InChI=1S/C26H43N5O5/c1-5-17(4)22(25(34)30-21(16(2)3)26(35)36)31-24(33)20(15-18-11-7-6-8-12-18)29-23(32)19(28)13-9-10-14-27/h6-8,11-12,16-17,19-22H,5,9-10,13-15,27-28H2,1-4H3,(H,29,32)(H,30,34)(H,31,33)(H,35,36). The largest absolute Gasteiger partial charge is 0.480 e. The van der Waals surface area contributed by atoms with Crippen molar-refractivity contribution in [1.29, 1.82) is 0 Å². The summed E-state index contributed by atoms with van der Waals surface area (Å²) in [4.78, 5) is 50.8. The Kier molecular flexibility index (Phi) is 13.7. The van der Waals surface area contributed by atoms with Gasteiger partial charge in [0.1, 0.15) is 18.1 Å². The number of hydrogen-bond acceptors (Lipinski definition) is 6. The van der Waals surface area contributed by atoms with E-state index in [4.69, 9.17) is 11.5 Å². The van der Waals surface area contributed by atoms with Crippen LogP contribution in [-0.2, 0) is 25.6 Å². The molecule has 0 aliphatic rings. The summed E-state index contributed by atoms with van der Waals surface area (Å²) in [5, 5.41) is 17.5. The number of nitrogens with one attached hydrogen (secondary N) is 3. The first kappa shape index (κ1) is 31.1. The van der Waals surface area contributed by atoms with Gasteiger partial charge >= 0.3 is 5.97 Å². The summed E-state index contributed by atoms with van der Waals surface area (Å²) < 4.78 is 0. The van der Waals surface area contributed by atoms with Gasteiger partial charge in [0.25, 0.3) is 0 Å². The Hall–Kier alpha value is -2.98. The maximum atomic E-state index is 13.4. The monoisotopic (exact) mass is 505 g/mol. The Morgan fingerprint density at radius 3 is 2.03 bits per heavy atom. The highest BCUT2D eigenvalue weighted by molar-refractivity contribution is 5.94. The first-order chi connectivity index (χ1) is 17.0. The van der Waals surface area contributed by atoms with E-state index >= 15 is 0 Å². The van der Waals surface area contributed by atoms with E-state index in [1.807, 2.05) is 37.3 Å². The predicted molar refractivity (Wildman–Crippen MR) is 139 cm³/mol. The minimum atomic E-state index is -1.15. The molecule has 36 heavy (non-hydrogen) atoms. The van der Waals surface area contributed by atoms with Crippen LogP contribution in [0.25, 0.3) is 0 Å². The Bertz CT molecular complexity index is 848. The van der Waals surface area contributed by atoms with Gasteiger partial charge in [-0.15, -0.1) is 0 Å². The molecule has 0 aliphatic carbocycles.